The highest BCUT2D eigenvalue weighted by Gasteiger charge is 2.47. The van der Waals surface area contributed by atoms with Gasteiger partial charge in [0.1, 0.15) is 6.04 Å². The summed E-state index contributed by atoms with van der Waals surface area (Å²) in [6, 6.07) is 31.1. The number of aromatic nitrogens is 1. The second-order valence-electron chi connectivity index (χ2n) is 11.2. The maximum absolute atomic E-state index is 14.3. The van der Waals surface area contributed by atoms with Gasteiger partial charge in [0.25, 0.3) is 5.91 Å². The highest BCUT2D eigenvalue weighted by Crippen LogP contribution is 2.47. The number of fused-ring (bicyclic) bond motifs is 2. The molecule has 0 fully saturated rings. The number of amides is 2. The number of aryl methyl sites for hydroxylation is 2. The quantitative estimate of drug-likeness (QED) is 0.219. The van der Waals surface area contributed by atoms with E-state index in [0.29, 0.717) is 5.56 Å². The van der Waals surface area contributed by atoms with Crippen molar-refractivity contribution in [3.63, 3.8) is 0 Å². The summed E-state index contributed by atoms with van der Waals surface area (Å²) in [5, 5.41) is 4.17. The van der Waals surface area contributed by atoms with E-state index in [1.54, 1.807) is 0 Å². The molecule has 0 spiro atoms. The lowest BCUT2D eigenvalue weighted by atomic mass is 9.90. The maximum atomic E-state index is 14.3. The molecule has 1 aliphatic rings. The Morgan fingerprint density at radius 3 is 2.22 bits per heavy atom. The van der Waals surface area contributed by atoms with Crippen LogP contribution in [0.25, 0.3) is 22.2 Å². The number of carbonyl (C=O) groups is 2. The summed E-state index contributed by atoms with van der Waals surface area (Å²) in [6.45, 7) is 8.23. The van der Waals surface area contributed by atoms with Crippen molar-refractivity contribution in [2.24, 2.45) is 5.92 Å². The number of aromatic amines is 1. The van der Waals surface area contributed by atoms with Crippen LogP contribution in [0, 0.1) is 19.8 Å². The smallest absolute Gasteiger partial charge is 0.255 e. The number of H-pyrrole nitrogens is 1. The molecule has 6 rings (SSSR count). The van der Waals surface area contributed by atoms with Crippen LogP contribution >= 0.6 is 0 Å². The number of rotatable bonds is 7. The molecular formula is C36H35N3O2. The van der Waals surface area contributed by atoms with E-state index in [1.807, 2.05) is 72.5 Å². The average Bonchev–Trinajstić information content (AvgIpc) is 3.50. The Hall–Kier alpha value is -4.64. The van der Waals surface area contributed by atoms with Gasteiger partial charge in [0.05, 0.1) is 11.7 Å². The molecule has 0 bridgehead atoms. The highest BCUT2D eigenvalue weighted by molar-refractivity contribution is 6.06. The zero-order valence-corrected chi connectivity index (χ0v) is 23.9. The van der Waals surface area contributed by atoms with Crippen LogP contribution in [-0.4, -0.2) is 27.7 Å². The van der Waals surface area contributed by atoms with E-state index in [9.17, 15) is 9.59 Å². The van der Waals surface area contributed by atoms with E-state index in [2.05, 4.69) is 67.5 Å². The van der Waals surface area contributed by atoms with E-state index < -0.39 is 12.1 Å². The minimum absolute atomic E-state index is 0.0748. The molecule has 2 heterocycles. The summed E-state index contributed by atoms with van der Waals surface area (Å²) >= 11 is 0. The van der Waals surface area contributed by atoms with Crippen molar-refractivity contribution in [1.29, 1.82) is 0 Å². The van der Waals surface area contributed by atoms with Crippen molar-refractivity contribution < 1.29 is 9.59 Å². The van der Waals surface area contributed by atoms with Crippen LogP contribution in [0.4, 0.5) is 5.69 Å². The van der Waals surface area contributed by atoms with Crippen molar-refractivity contribution in [1.82, 2.24) is 9.88 Å². The second-order valence-corrected chi connectivity index (χ2v) is 11.2. The third-order valence-electron chi connectivity index (χ3n) is 8.43. The molecule has 0 aliphatic carbocycles. The van der Waals surface area contributed by atoms with Crippen LogP contribution in [0.15, 0.2) is 97.1 Å². The van der Waals surface area contributed by atoms with E-state index in [1.165, 1.54) is 5.56 Å². The first-order valence-electron chi connectivity index (χ1n) is 14.3. The Bertz CT molecular complexity index is 1730. The van der Waals surface area contributed by atoms with Gasteiger partial charge < -0.3 is 15.2 Å². The molecular weight excluding hydrogens is 506 g/mol. The van der Waals surface area contributed by atoms with Crippen molar-refractivity contribution >= 4 is 28.4 Å². The number of hydrogen-bond acceptors (Lipinski definition) is 2. The largest absolute Gasteiger partial charge is 0.354 e. The van der Waals surface area contributed by atoms with Crippen molar-refractivity contribution in [3.8, 4) is 11.3 Å². The minimum Gasteiger partial charge on any atom is -0.354 e. The lowest BCUT2D eigenvalue weighted by Crippen LogP contribution is -2.50. The summed E-state index contributed by atoms with van der Waals surface area (Å²) in [5.74, 6) is -0.365. The van der Waals surface area contributed by atoms with Crippen molar-refractivity contribution in [3.05, 3.63) is 125 Å². The average molecular weight is 542 g/mol. The van der Waals surface area contributed by atoms with Gasteiger partial charge >= 0.3 is 0 Å². The molecule has 5 heteroatoms. The van der Waals surface area contributed by atoms with Crippen LogP contribution in [0.1, 0.15) is 58.9 Å². The summed E-state index contributed by atoms with van der Waals surface area (Å²) in [4.78, 5) is 34.0. The molecule has 0 saturated heterocycles. The van der Waals surface area contributed by atoms with Gasteiger partial charge in [-0.1, -0.05) is 104 Å². The van der Waals surface area contributed by atoms with Crippen LogP contribution in [0.2, 0.25) is 0 Å². The van der Waals surface area contributed by atoms with Crippen LogP contribution in [0.5, 0.6) is 0 Å². The fourth-order valence-electron chi connectivity index (χ4n) is 6.05. The zero-order chi connectivity index (χ0) is 28.7. The molecule has 5 aromatic rings. The predicted octanol–water partition coefficient (Wildman–Crippen LogP) is 8.05. The standard InChI is InChI=1S/C36H35N3O2/c1-5-24(4)33(35(40)37-26-20-16-23(3)17-21-26)39-34(27-10-6-7-11-28(27)36(39)41)31-29-12-8-9-13-30(29)38-32(31)25-18-14-22(2)15-19-25/h6-21,24,33-34,38H,5H2,1-4H3,(H,37,40). The highest BCUT2D eigenvalue weighted by atomic mass is 16.2. The van der Waals surface area contributed by atoms with Gasteiger partial charge in [-0.2, -0.15) is 0 Å². The van der Waals surface area contributed by atoms with Gasteiger partial charge in [0.2, 0.25) is 5.91 Å². The molecule has 3 atom stereocenters. The topological polar surface area (TPSA) is 65.2 Å². The molecule has 0 radical (unpaired) electrons. The SMILES string of the molecule is CCC(C)C(C(=O)Nc1ccc(C)cc1)N1C(=O)c2ccccc2C1c1c(-c2ccc(C)cc2)[nH]c2ccccc12. The molecule has 4 aromatic carbocycles. The number of para-hydroxylation sites is 1. The Balaban J connectivity index is 1.55. The number of nitrogens with zero attached hydrogens (tertiary/aromatic N) is 1. The Kier molecular flexibility index (Phi) is 6.96. The van der Waals surface area contributed by atoms with Gasteiger partial charge in [0.15, 0.2) is 0 Å². The molecule has 1 aliphatic heterocycles. The molecule has 2 N–H and O–H groups in total. The predicted molar refractivity (Wildman–Crippen MR) is 166 cm³/mol. The third kappa shape index (κ3) is 4.71. The van der Waals surface area contributed by atoms with Gasteiger partial charge in [-0.15, -0.1) is 0 Å². The fraction of sp³-hybridized carbons (Fsp3) is 0.222. The summed E-state index contributed by atoms with van der Waals surface area (Å²) in [5.41, 5.74) is 8.62. The van der Waals surface area contributed by atoms with E-state index in [-0.39, 0.29) is 17.7 Å². The Morgan fingerprint density at radius 1 is 0.878 bits per heavy atom. The molecule has 5 nitrogen and oxygen atoms in total. The number of nitrogens with one attached hydrogen (secondary N) is 2. The number of carbonyl (C=O) groups excluding carboxylic acids is 2. The summed E-state index contributed by atoms with van der Waals surface area (Å²) in [7, 11) is 0. The lowest BCUT2D eigenvalue weighted by molar-refractivity contribution is -0.122. The normalized spacial score (nSPS) is 16.0. The molecule has 0 saturated carbocycles. The first-order valence-corrected chi connectivity index (χ1v) is 14.3. The fourth-order valence-corrected chi connectivity index (χ4v) is 6.05. The molecule has 41 heavy (non-hydrogen) atoms. The Labute approximate surface area is 241 Å². The lowest BCUT2D eigenvalue weighted by Gasteiger charge is -2.36. The Morgan fingerprint density at radius 2 is 1.51 bits per heavy atom. The first kappa shape index (κ1) is 26.6. The van der Waals surface area contributed by atoms with Crippen LogP contribution in [-0.2, 0) is 4.79 Å². The number of hydrogen-bond donors (Lipinski definition) is 2. The van der Waals surface area contributed by atoms with Crippen molar-refractivity contribution in [2.45, 2.75) is 46.2 Å². The summed E-state index contributed by atoms with van der Waals surface area (Å²) < 4.78 is 0. The van der Waals surface area contributed by atoms with E-state index in [4.69, 9.17) is 0 Å². The van der Waals surface area contributed by atoms with E-state index >= 15 is 0 Å². The van der Waals surface area contributed by atoms with Gasteiger partial charge in [-0.25, -0.2) is 0 Å². The third-order valence-corrected chi connectivity index (χ3v) is 8.43. The summed E-state index contributed by atoms with van der Waals surface area (Å²) in [6.07, 6.45) is 0.748. The van der Waals surface area contributed by atoms with Crippen molar-refractivity contribution in [2.75, 3.05) is 5.32 Å². The molecule has 1 aromatic heterocycles. The van der Waals surface area contributed by atoms with Crippen LogP contribution < -0.4 is 5.32 Å². The zero-order valence-electron chi connectivity index (χ0n) is 23.9. The first-order chi connectivity index (χ1) is 19.9. The minimum atomic E-state index is -0.675. The van der Waals surface area contributed by atoms with Crippen LogP contribution in [0.3, 0.4) is 0 Å². The van der Waals surface area contributed by atoms with E-state index in [0.717, 1.165) is 51.0 Å². The maximum Gasteiger partial charge on any atom is 0.255 e. The number of benzene rings is 4. The number of anilines is 1. The van der Waals surface area contributed by atoms with Gasteiger partial charge in [-0.3, -0.25) is 9.59 Å². The second kappa shape index (κ2) is 10.7. The van der Waals surface area contributed by atoms with Gasteiger partial charge in [-0.05, 0) is 55.2 Å². The van der Waals surface area contributed by atoms with Gasteiger partial charge in [0, 0.05) is 27.7 Å². The monoisotopic (exact) mass is 541 g/mol. The molecule has 206 valence electrons. The molecule has 2 amide bonds. The molecule has 3 unspecified atom stereocenters.